The Morgan fingerprint density at radius 1 is 0.920 bits per heavy atom. The van der Waals surface area contributed by atoms with Crippen LogP contribution in [-0.4, -0.2) is 40.9 Å². The SMILES string of the molecule is Cc1cc(-c2nnc(N3CCN(c4ccccc4)CC3)n2C)c(C)o1. The van der Waals surface area contributed by atoms with Gasteiger partial charge >= 0.3 is 0 Å². The van der Waals surface area contributed by atoms with Crippen molar-refractivity contribution in [2.24, 2.45) is 7.05 Å². The van der Waals surface area contributed by atoms with Crippen molar-refractivity contribution in [1.82, 2.24) is 14.8 Å². The Hall–Kier alpha value is -2.76. The molecule has 25 heavy (non-hydrogen) atoms. The number of para-hydroxylation sites is 1. The molecule has 130 valence electrons. The minimum absolute atomic E-state index is 0.856. The molecule has 0 radical (unpaired) electrons. The summed E-state index contributed by atoms with van der Waals surface area (Å²) in [5.74, 6) is 3.55. The maximum Gasteiger partial charge on any atom is 0.227 e. The Bertz CT molecular complexity index is 859. The first-order valence-electron chi connectivity index (χ1n) is 8.65. The largest absolute Gasteiger partial charge is 0.466 e. The summed E-state index contributed by atoms with van der Waals surface area (Å²) in [5, 5.41) is 8.85. The van der Waals surface area contributed by atoms with Crippen LogP contribution in [0.5, 0.6) is 0 Å². The van der Waals surface area contributed by atoms with Gasteiger partial charge in [-0.3, -0.25) is 4.57 Å². The van der Waals surface area contributed by atoms with Crippen LogP contribution in [0.25, 0.3) is 11.4 Å². The first-order valence-corrected chi connectivity index (χ1v) is 8.65. The van der Waals surface area contributed by atoms with E-state index in [-0.39, 0.29) is 0 Å². The van der Waals surface area contributed by atoms with Crippen molar-refractivity contribution in [3.05, 3.63) is 47.9 Å². The zero-order chi connectivity index (χ0) is 17.4. The molecule has 0 N–H and O–H groups in total. The number of aryl methyl sites for hydroxylation is 2. The molecular weight excluding hydrogens is 314 g/mol. The van der Waals surface area contributed by atoms with Gasteiger partial charge in [-0.1, -0.05) is 18.2 Å². The monoisotopic (exact) mass is 337 g/mol. The van der Waals surface area contributed by atoms with Crippen LogP contribution >= 0.6 is 0 Å². The van der Waals surface area contributed by atoms with Gasteiger partial charge in [-0.05, 0) is 32.0 Å². The third-order valence-corrected chi connectivity index (χ3v) is 4.82. The van der Waals surface area contributed by atoms with Crippen molar-refractivity contribution in [2.75, 3.05) is 36.0 Å². The van der Waals surface area contributed by atoms with E-state index in [0.29, 0.717) is 0 Å². The fraction of sp³-hybridized carbons (Fsp3) is 0.368. The average Bonchev–Trinajstić information content (AvgIpc) is 3.17. The smallest absolute Gasteiger partial charge is 0.227 e. The molecule has 1 aliphatic heterocycles. The van der Waals surface area contributed by atoms with Gasteiger partial charge < -0.3 is 14.2 Å². The molecular formula is C19H23N5O. The van der Waals surface area contributed by atoms with E-state index in [1.54, 1.807) is 0 Å². The standard InChI is InChI=1S/C19H23N5O/c1-14-13-17(15(2)25-14)18-20-21-19(22(18)3)24-11-9-23(10-12-24)16-7-5-4-6-8-16/h4-8,13H,9-12H2,1-3H3. The number of hydrogen-bond donors (Lipinski definition) is 0. The molecule has 3 heterocycles. The lowest BCUT2D eigenvalue weighted by Gasteiger charge is -2.36. The number of piperazine rings is 1. The number of nitrogens with zero attached hydrogens (tertiary/aromatic N) is 5. The lowest BCUT2D eigenvalue weighted by atomic mass is 10.2. The van der Waals surface area contributed by atoms with Crippen LogP contribution in [0.2, 0.25) is 0 Å². The molecule has 0 saturated carbocycles. The molecule has 0 unspecified atom stereocenters. The minimum atomic E-state index is 0.856. The van der Waals surface area contributed by atoms with E-state index in [2.05, 4.69) is 54.9 Å². The summed E-state index contributed by atoms with van der Waals surface area (Å²) in [6, 6.07) is 12.6. The summed E-state index contributed by atoms with van der Waals surface area (Å²) >= 11 is 0. The Labute approximate surface area is 147 Å². The third-order valence-electron chi connectivity index (χ3n) is 4.82. The average molecular weight is 337 g/mol. The van der Waals surface area contributed by atoms with E-state index in [1.165, 1.54) is 5.69 Å². The van der Waals surface area contributed by atoms with Crippen molar-refractivity contribution in [1.29, 1.82) is 0 Å². The molecule has 6 heteroatoms. The summed E-state index contributed by atoms with van der Waals surface area (Å²) in [7, 11) is 2.02. The molecule has 1 fully saturated rings. The third kappa shape index (κ3) is 2.88. The van der Waals surface area contributed by atoms with Gasteiger partial charge in [0.1, 0.15) is 11.5 Å². The minimum Gasteiger partial charge on any atom is -0.466 e. The number of hydrogen-bond acceptors (Lipinski definition) is 5. The van der Waals surface area contributed by atoms with Gasteiger partial charge in [-0.25, -0.2) is 0 Å². The summed E-state index contributed by atoms with van der Waals surface area (Å²) < 4.78 is 7.71. The van der Waals surface area contributed by atoms with Crippen LogP contribution in [0.3, 0.4) is 0 Å². The Morgan fingerprint density at radius 3 is 2.24 bits per heavy atom. The van der Waals surface area contributed by atoms with Gasteiger partial charge in [0.2, 0.25) is 5.95 Å². The summed E-state index contributed by atoms with van der Waals surface area (Å²) in [5.41, 5.74) is 2.30. The van der Waals surface area contributed by atoms with E-state index in [4.69, 9.17) is 4.42 Å². The van der Waals surface area contributed by atoms with Gasteiger partial charge in [0.05, 0.1) is 5.56 Å². The predicted molar refractivity (Wildman–Crippen MR) is 99.0 cm³/mol. The first kappa shape index (κ1) is 15.7. The summed E-state index contributed by atoms with van der Waals surface area (Å²) in [4.78, 5) is 4.72. The van der Waals surface area contributed by atoms with E-state index in [9.17, 15) is 0 Å². The molecule has 1 saturated heterocycles. The lowest BCUT2D eigenvalue weighted by molar-refractivity contribution is 0.505. The van der Waals surface area contributed by atoms with Crippen molar-refractivity contribution in [3.63, 3.8) is 0 Å². The number of aromatic nitrogens is 3. The summed E-state index contributed by atoms with van der Waals surface area (Å²) in [6.07, 6.45) is 0. The lowest BCUT2D eigenvalue weighted by Crippen LogP contribution is -2.47. The van der Waals surface area contributed by atoms with E-state index in [0.717, 1.165) is 55.0 Å². The van der Waals surface area contributed by atoms with Crippen molar-refractivity contribution in [3.8, 4) is 11.4 Å². The molecule has 0 spiro atoms. The quantitative estimate of drug-likeness (QED) is 0.735. The van der Waals surface area contributed by atoms with Gasteiger partial charge in [-0.15, -0.1) is 10.2 Å². The van der Waals surface area contributed by atoms with E-state index in [1.807, 2.05) is 27.0 Å². The summed E-state index contributed by atoms with van der Waals surface area (Å²) in [6.45, 7) is 7.76. The Balaban J connectivity index is 1.52. The normalized spacial score (nSPS) is 15.0. The molecule has 1 aromatic carbocycles. The van der Waals surface area contributed by atoms with Crippen molar-refractivity contribution >= 4 is 11.6 Å². The molecule has 0 amide bonds. The number of rotatable bonds is 3. The van der Waals surface area contributed by atoms with Crippen molar-refractivity contribution < 1.29 is 4.42 Å². The highest BCUT2D eigenvalue weighted by Gasteiger charge is 2.23. The second-order valence-corrected chi connectivity index (χ2v) is 6.52. The highest BCUT2D eigenvalue weighted by molar-refractivity contribution is 5.60. The van der Waals surface area contributed by atoms with Crippen molar-refractivity contribution in [2.45, 2.75) is 13.8 Å². The highest BCUT2D eigenvalue weighted by Crippen LogP contribution is 2.27. The predicted octanol–water partition coefficient (Wildman–Crippen LogP) is 3.02. The molecule has 0 aliphatic carbocycles. The second-order valence-electron chi connectivity index (χ2n) is 6.52. The van der Waals surface area contributed by atoms with Crippen LogP contribution in [0.4, 0.5) is 11.6 Å². The molecule has 4 rings (SSSR count). The van der Waals surface area contributed by atoms with E-state index < -0.39 is 0 Å². The molecule has 0 atom stereocenters. The number of anilines is 2. The Morgan fingerprint density at radius 2 is 1.60 bits per heavy atom. The first-order chi connectivity index (χ1) is 12.1. The van der Waals surface area contributed by atoms with Crippen LogP contribution in [0, 0.1) is 13.8 Å². The maximum absolute atomic E-state index is 5.64. The zero-order valence-corrected chi connectivity index (χ0v) is 14.9. The highest BCUT2D eigenvalue weighted by atomic mass is 16.3. The van der Waals surface area contributed by atoms with E-state index >= 15 is 0 Å². The fourth-order valence-electron chi connectivity index (χ4n) is 3.49. The van der Waals surface area contributed by atoms with Crippen LogP contribution in [0.1, 0.15) is 11.5 Å². The molecule has 0 bridgehead atoms. The molecule has 6 nitrogen and oxygen atoms in total. The van der Waals surface area contributed by atoms with Crippen LogP contribution in [-0.2, 0) is 7.05 Å². The fourth-order valence-corrected chi connectivity index (χ4v) is 3.49. The topological polar surface area (TPSA) is 50.3 Å². The Kier molecular flexibility index (Phi) is 3.95. The number of furan rings is 1. The molecule has 2 aromatic heterocycles. The van der Waals surface area contributed by atoms with Gasteiger partial charge in [0, 0.05) is 38.9 Å². The molecule has 1 aliphatic rings. The maximum atomic E-state index is 5.64. The second kappa shape index (κ2) is 6.27. The van der Waals surface area contributed by atoms with Gasteiger partial charge in [0.15, 0.2) is 5.82 Å². The van der Waals surface area contributed by atoms with Crippen LogP contribution < -0.4 is 9.80 Å². The molecule has 3 aromatic rings. The number of benzene rings is 1. The van der Waals surface area contributed by atoms with Crippen LogP contribution in [0.15, 0.2) is 40.8 Å². The van der Waals surface area contributed by atoms with Gasteiger partial charge in [-0.2, -0.15) is 0 Å². The van der Waals surface area contributed by atoms with Gasteiger partial charge in [0.25, 0.3) is 0 Å². The zero-order valence-electron chi connectivity index (χ0n) is 14.9.